The number of amides is 1. The van der Waals surface area contributed by atoms with Gasteiger partial charge in [0.2, 0.25) is 0 Å². The minimum absolute atomic E-state index is 0.0528. The molecule has 0 saturated carbocycles. The Hall–Kier alpha value is -2.68. The van der Waals surface area contributed by atoms with Crippen molar-refractivity contribution in [3.8, 4) is 11.5 Å². The average Bonchev–Trinajstić information content (AvgIpc) is 3.12. The van der Waals surface area contributed by atoms with Crippen LogP contribution < -0.4 is 15.2 Å². The Kier molecular flexibility index (Phi) is 5.90. The first-order valence-corrected chi connectivity index (χ1v) is 10.5. The van der Waals surface area contributed by atoms with E-state index in [-0.39, 0.29) is 4.90 Å². The van der Waals surface area contributed by atoms with E-state index in [9.17, 15) is 13.2 Å². The van der Waals surface area contributed by atoms with Gasteiger partial charge in [0.05, 0.1) is 9.77 Å². The Morgan fingerprint density at radius 3 is 2.48 bits per heavy atom. The third-order valence-corrected chi connectivity index (χ3v) is 6.07. The van der Waals surface area contributed by atoms with Crippen LogP contribution in [0.5, 0.6) is 11.5 Å². The fourth-order valence-electron chi connectivity index (χ4n) is 2.34. The summed E-state index contributed by atoms with van der Waals surface area (Å²) in [7, 11) is -4.02. The highest BCUT2D eigenvalue weighted by atomic mass is 32.2. The van der Waals surface area contributed by atoms with Gasteiger partial charge in [-0.2, -0.15) is 0 Å². The number of carbonyl (C=O) groups is 1. The molecule has 0 fully saturated rings. The lowest BCUT2D eigenvalue weighted by molar-refractivity contribution is 0.0985. The summed E-state index contributed by atoms with van der Waals surface area (Å²) >= 11 is 1.23. The first-order chi connectivity index (χ1) is 13.0. The quantitative estimate of drug-likeness (QED) is 0.632. The largest absolute Gasteiger partial charge is 0.457 e. The van der Waals surface area contributed by atoms with Crippen LogP contribution in [0.25, 0.3) is 0 Å². The molecule has 0 atom stereocenters. The van der Waals surface area contributed by atoms with Crippen molar-refractivity contribution in [3.05, 3.63) is 76.5 Å². The maximum absolute atomic E-state index is 12.6. The van der Waals surface area contributed by atoms with Gasteiger partial charge in [-0.3, -0.25) is 4.79 Å². The van der Waals surface area contributed by atoms with E-state index in [4.69, 9.17) is 10.5 Å². The third-order valence-electron chi connectivity index (χ3n) is 3.60. The molecule has 0 aliphatic heterocycles. The number of hydrogen-bond acceptors (Lipinski definition) is 6. The highest BCUT2D eigenvalue weighted by Gasteiger charge is 2.20. The minimum atomic E-state index is -4.02. The Morgan fingerprint density at radius 2 is 1.74 bits per heavy atom. The molecule has 0 spiro atoms. The van der Waals surface area contributed by atoms with Crippen molar-refractivity contribution in [1.29, 1.82) is 0 Å². The van der Waals surface area contributed by atoms with Gasteiger partial charge in [-0.05, 0) is 49.4 Å². The van der Waals surface area contributed by atoms with Crippen molar-refractivity contribution in [2.24, 2.45) is 5.73 Å². The van der Waals surface area contributed by atoms with E-state index in [1.807, 2.05) is 18.2 Å². The topological polar surface area (TPSA) is 98.5 Å². The van der Waals surface area contributed by atoms with Crippen LogP contribution in [0, 0.1) is 0 Å². The number of rotatable bonds is 7. The number of nitrogens with one attached hydrogen (secondary N) is 1. The molecular formula is C19H18N2O4S2. The standard InChI is InChI=1S/C19H18N2O4S2/c20-12-11-16-9-10-18(26-16)19(22)21-27(23,24)17-8-4-7-15(13-17)25-14-5-2-1-3-6-14/h1-10,13H,11-12,20H2,(H,21,22). The van der Waals surface area contributed by atoms with Crippen molar-refractivity contribution >= 4 is 27.3 Å². The fraction of sp³-hybridized carbons (Fsp3) is 0.105. The number of hydrogen-bond donors (Lipinski definition) is 2. The van der Waals surface area contributed by atoms with Crippen molar-refractivity contribution in [1.82, 2.24) is 4.72 Å². The predicted octanol–water partition coefficient (Wildman–Crippen LogP) is 3.16. The van der Waals surface area contributed by atoms with Gasteiger partial charge in [0, 0.05) is 10.9 Å². The summed E-state index contributed by atoms with van der Waals surface area (Å²) in [5.41, 5.74) is 5.49. The molecule has 8 heteroatoms. The lowest BCUT2D eigenvalue weighted by Gasteiger charge is -2.09. The smallest absolute Gasteiger partial charge is 0.275 e. The lowest BCUT2D eigenvalue weighted by Crippen LogP contribution is -2.30. The number of benzene rings is 2. The van der Waals surface area contributed by atoms with Crippen molar-refractivity contribution in [2.45, 2.75) is 11.3 Å². The summed E-state index contributed by atoms with van der Waals surface area (Å²) in [5, 5.41) is 0. The molecule has 2 aromatic carbocycles. The summed E-state index contributed by atoms with van der Waals surface area (Å²) < 4.78 is 32.8. The number of para-hydroxylation sites is 1. The molecule has 1 amide bonds. The predicted molar refractivity (Wildman–Crippen MR) is 105 cm³/mol. The molecule has 0 radical (unpaired) electrons. The summed E-state index contributed by atoms with van der Waals surface area (Å²) in [5.74, 6) is 0.276. The molecule has 0 aliphatic rings. The number of nitrogens with two attached hydrogens (primary N) is 1. The summed E-state index contributed by atoms with van der Waals surface area (Å²) in [4.78, 5) is 13.5. The molecule has 3 rings (SSSR count). The second-order valence-corrected chi connectivity index (χ2v) is 8.48. The molecule has 27 heavy (non-hydrogen) atoms. The van der Waals surface area contributed by atoms with E-state index < -0.39 is 15.9 Å². The zero-order valence-corrected chi connectivity index (χ0v) is 15.9. The van der Waals surface area contributed by atoms with Crippen LogP contribution in [0.2, 0.25) is 0 Å². The summed E-state index contributed by atoms with van der Waals surface area (Å²) in [6, 6.07) is 18.4. The van der Waals surface area contributed by atoms with Crippen molar-refractivity contribution in [3.63, 3.8) is 0 Å². The van der Waals surface area contributed by atoms with Gasteiger partial charge in [-0.15, -0.1) is 11.3 Å². The first-order valence-electron chi connectivity index (χ1n) is 8.17. The third kappa shape index (κ3) is 4.94. The monoisotopic (exact) mass is 402 g/mol. The molecule has 140 valence electrons. The summed E-state index contributed by atoms with van der Waals surface area (Å²) in [6.07, 6.45) is 0.642. The van der Waals surface area contributed by atoms with Crippen LogP contribution in [0.4, 0.5) is 0 Å². The van der Waals surface area contributed by atoms with Crippen molar-refractivity contribution < 1.29 is 17.9 Å². The van der Waals surface area contributed by atoms with Gasteiger partial charge in [0.1, 0.15) is 11.5 Å². The number of ether oxygens (including phenoxy) is 1. The van der Waals surface area contributed by atoms with Crippen LogP contribution in [-0.2, 0) is 16.4 Å². The van der Waals surface area contributed by atoms with E-state index in [1.54, 1.807) is 36.4 Å². The number of carbonyl (C=O) groups excluding carboxylic acids is 1. The van der Waals surface area contributed by atoms with E-state index >= 15 is 0 Å². The molecule has 3 aromatic rings. The normalized spacial score (nSPS) is 11.1. The zero-order chi connectivity index (χ0) is 19.3. The molecule has 0 saturated heterocycles. The number of sulfonamides is 1. The van der Waals surface area contributed by atoms with E-state index in [2.05, 4.69) is 4.72 Å². The van der Waals surface area contributed by atoms with E-state index in [1.165, 1.54) is 23.5 Å². The maximum atomic E-state index is 12.6. The van der Waals surface area contributed by atoms with Gasteiger partial charge in [0.25, 0.3) is 15.9 Å². The molecular weight excluding hydrogens is 384 g/mol. The molecule has 0 unspecified atom stereocenters. The van der Waals surface area contributed by atoms with Crippen LogP contribution >= 0.6 is 11.3 Å². The Labute approximate surface area is 161 Å². The molecule has 3 N–H and O–H groups in total. The fourth-order valence-corrected chi connectivity index (χ4v) is 4.32. The van der Waals surface area contributed by atoms with Gasteiger partial charge in [0.15, 0.2) is 0 Å². The second-order valence-electron chi connectivity index (χ2n) is 5.63. The highest BCUT2D eigenvalue weighted by molar-refractivity contribution is 7.90. The van der Waals surface area contributed by atoms with Gasteiger partial charge >= 0.3 is 0 Å². The molecule has 0 bridgehead atoms. The number of thiophene rings is 1. The summed E-state index contributed by atoms with van der Waals surface area (Å²) in [6.45, 7) is 0.466. The lowest BCUT2D eigenvalue weighted by atomic mass is 10.3. The van der Waals surface area contributed by atoms with Crippen molar-refractivity contribution in [2.75, 3.05) is 6.54 Å². The minimum Gasteiger partial charge on any atom is -0.457 e. The highest BCUT2D eigenvalue weighted by Crippen LogP contribution is 2.24. The van der Waals surface area contributed by atoms with E-state index in [0.717, 1.165) is 4.88 Å². The molecule has 1 aromatic heterocycles. The Morgan fingerprint density at radius 1 is 1.00 bits per heavy atom. The van der Waals surface area contributed by atoms with Gasteiger partial charge < -0.3 is 10.5 Å². The van der Waals surface area contributed by atoms with E-state index in [0.29, 0.717) is 29.3 Å². The average molecular weight is 402 g/mol. The zero-order valence-electron chi connectivity index (χ0n) is 14.3. The molecule has 6 nitrogen and oxygen atoms in total. The second kappa shape index (κ2) is 8.34. The SMILES string of the molecule is NCCc1ccc(C(=O)NS(=O)(=O)c2cccc(Oc3ccccc3)c2)s1. The van der Waals surface area contributed by atoms with Crippen LogP contribution in [0.15, 0.2) is 71.6 Å². The van der Waals surface area contributed by atoms with Gasteiger partial charge in [-0.25, -0.2) is 13.1 Å². The Balaban J connectivity index is 1.76. The van der Waals surface area contributed by atoms with Crippen LogP contribution in [-0.4, -0.2) is 20.9 Å². The van der Waals surface area contributed by atoms with Crippen LogP contribution in [0.3, 0.4) is 0 Å². The first kappa shape index (κ1) is 19.1. The Bertz CT molecular complexity index is 1030. The molecule has 1 heterocycles. The van der Waals surface area contributed by atoms with Crippen LogP contribution in [0.1, 0.15) is 14.5 Å². The molecule has 0 aliphatic carbocycles. The maximum Gasteiger partial charge on any atom is 0.275 e. The van der Waals surface area contributed by atoms with Gasteiger partial charge in [-0.1, -0.05) is 24.3 Å².